The maximum absolute atomic E-state index is 6.51. The van der Waals surface area contributed by atoms with Crippen molar-refractivity contribution in [2.45, 2.75) is 31.6 Å². The zero-order valence-corrected chi connectivity index (χ0v) is 16.1. The minimum absolute atomic E-state index is 0. The van der Waals surface area contributed by atoms with Gasteiger partial charge in [-0.25, -0.2) is 0 Å². The molecule has 3 nitrogen and oxygen atoms in total. The van der Waals surface area contributed by atoms with Crippen LogP contribution in [-0.2, 0) is 17.9 Å². The molecular formula is C20H23Cl2NO2. The number of rotatable bonds is 3. The number of fused-ring (bicyclic) bond motifs is 3. The molecule has 0 aliphatic carbocycles. The fourth-order valence-corrected chi connectivity index (χ4v) is 4.39. The molecule has 0 bridgehead atoms. The first-order valence-electron chi connectivity index (χ1n) is 8.36. The van der Waals surface area contributed by atoms with Gasteiger partial charge in [-0.15, -0.1) is 12.4 Å². The molecule has 0 spiro atoms. The van der Waals surface area contributed by atoms with Gasteiger partial charge in [0.1, 0.15) is 5.75 Å². The van der Waals surface area contributed by atoms with Crippen molar-refractivity contribution in [3.05, 3.63) is 64.2 Å². The Morgan fingerprint density at radius 3 is 2.72 bits per heavy atom. The van der Waals surface area contributed by atoms with E-state index in [1.165, 1.54) is 11.1 Å². The smallest absolute Gasteiger partial charge is 0.137 e. The van der Waals surface area contributed by atoms with Crippen molar-refractivity contribution in [1.82, 2.24) is 4.90 Å². The number of benzene rings is 2. The summed E-state index contributed by atoms with van der Waals surface area (Å²) in [7, 11) is 1.65. The summed E-state index contributed by atoms with van der Waals surface area (Å²) in [6.07, 6.45) is 0. The Hall–Kier alpha value is -1.26. The van der Waals surface area contributed by atoms with Crippen LogP contribution < -0.4 is 4.74 Å². The fraction of sp³-hybridized carbons (Fsp3) is 0.400. The average molecular weight is 380 g/mol. The van der Waals surface area contributed by atoms with E-state index in [-0.39, 0.29) is 18.0 Å². The standard InChI is InChI=1S/C20H22ClNO2.ClH/c1-20-13-22(10-14-6-4-3-5-7-14)11-17(20)15-8-9-18(23-2)19(21)16(15)12-24-20;/h3-9,17H,10-13H2,1-2H3;1H. The second-order valence-corrected chi connectivity index (χ2v) is 7.34. The second-order valence-electron chi connectivity index (χ2n) is 6.96. The topological polar surface area (TPSA) is 21.7 Å². The molecule has 2 heterocycles. The largest absolute Gasteiger partial charge is 0.495 e. The van der Waals surface area contributed by atoms with Crippen molar-refractivity contribution in [2.75, 3.05) is 20.2 Å². The van der Waals surface area contributed by atoms with Gasteiger partial charge in [-0.3, -0.25) is 4.90 Å². The summed E-state index contributed by atoms with van der Waals surface area (Å²) in [4.78, 5) is 2.48. The fourth-order valence-electron chi connectivity index (χ4n) is 4.09. The van der Waals surface area contributed by atoms with Gasteiger partial charge in [-0.05, 0) is 24.1 Å². The maximum atomic E-state index is 6.51. The molecule has 25 heavy (non-hydrogen) atoms. The van der Waals surface area contributed by atoms with Crippen molar-refractivity contribution < 1.29 is 9.47 Å². The highest BCUT2D eigenvalue weighted by Gasteiger charge is 2.48. The van der Waals surface area contributed by atoms with Gasteiger partial charge in [0, 0.05) is 31.1 Å². The van der Waals surface area contributed by atoms with E-state index in [0.717, 1.165) is 30.9 Å². The maximum Gasteiger partial charge on any atom is 0.137 e. The Kier molecular flexibility index (Phi) is 5.31. The van der Waals surface area contributed by atoms with Crippen molar-refractivity contribution in [3.63, 3.8) is 0 Å². The van der Waals surface area contributed by atoms with Gasteiger partial charge in [0.25, 0.3) is 0 Å². The van der Waals surface area contributed by atoms with Gasteiger partial charge < -0.3 is 9.47 Å². The summed E-state index contributed by atoms with van der Waals surface area (Å²) >= 11 is 6.51. The van der Waals surface area contributed by atoms with Crippen LogP contribution in [0.2, 0.25) is 5.02 Å². The third-order valence-electron chi connectivity index (χ3n) is 5.35. The lowest BCUT2D eigenvalue weighted by Gasteiger charge is -2.37. The molecule has 1 fully saturated rings. The molecule has 2 aromatic rings. The van der Waals surface area contributed by atoms with Crippen LogP contribution in [0.3, 0.4) is 0 Å². The minimum Gasteiger partial charge on any atom is -0.495 e. The van der Waals surface area contributed by atoms with Gasteiger partial charge in [-0.2, -0.15) is 0 Å². The van der Waals surface area contributed by atoms with Gasteiger partial charge in [-0.1, -0.05) is 48.0 Å². The Bertz CT molecular complexity index is 753. The molecule has 0 N–H and O–H groups in total. The number of likely N-dealkylation sites (tertiary alicyclic amines) is 1. The molecule has 4 rings (SSSR count). The summed E-state index contributed by atoms with van der Waals surface area (Å²) in [6.45, 7) is 5.66. The molecule has 2 aliphatic heterocycles. The SMILES string of the molecule is COc1ccc2c(c1Cl)COC1(C)CN(Cc3ccccc3)CC21.Cl. The van der Waals surface area contributed by atoms with Crippen molar-refractivity contribution in [1.29, 1.82) is 0 Å². The van der Waals surface area contributed by atoms with Crippen LogP contribution in [0.15, 0.2) is 42.5 Å². The predicted octanol–water partition coefficient (Wildman–Crippen LogP) is 4.66. The van der Waals surface area contributed by atoms with Crippen LogP contribution in [0, 0.1) is 0 Å². The van der Waals surface area contributed by atoms with E-state index < -0.39 is 0 Å². The zero-order valence-electron chi connectivity index (χ0n) is 14.5. The van der Waals surface area contributed by atoms with E-state index in [2.05, 4.69) is 48.2 Å². The molecular weight excluding hydrogens is 357 g/mol. The normalized spacial score (nSPS) is 25.0. The van der Waals surface area contributed by atoms with Crippen molar-refractivity contribution in [3.8, 4) is 5.75 Å². The molecule has 0 aromatic heterocycles. The second kappa shape index (κ2) is 7.16. The van der Waals surface area contributed by atoms with E-state index in [1.807, 2.05) is 6.07 Å². The van der Waals surface area contributed by atoms with E-state index in [4.69, 9.17) is 21.1 Å². The molecule has 1 saturated heterocycles. The van der Waals surface area contributed by atoms with E-state index >= 15 is 0 Å². The Morgan fingerprint density at radius 2 is 2.00 bits per heavy atom. The number of hydrogen-bond acceptors (Lipinski definition) is 3. The average Bonchev–Trinajstić information content (AvgIpc) is 2.92. The van der Waals surface area contributed by atoms with Crippen LogP contribution in [-0.4, -0.2) is 30.7 Å². The van der Waals surface area contributed by atoms with Gasteiger partial charge in [0.2, 0.25) is 0 Å². The molecule has 0 amide bonds. The molecule has 2 aromatic carbocycles. The molecule has 2 atom stereocenters. The van der Waals surface area contributed by atoms with Gasteiger partial charge in [0.15, 0.2) is 0 Å². The summed E-state index contributed by atoms with van der Waals surface area (Å²) in [5.41, 5.74) is 3.58. The number of halogens is 2. The first-order valence-corrected chi connectivity index (χ1v) is 8.74. The lowest BCUT2D eigenvalue weighted by atomic mass is 9.81. The summed E-state index contributed by atoms with van der Waals surface area (Å²) in [5.74, 6) is 1.06. The van der Waals surface area contributed by atoms with Gasteiger partial charge in [0.05, 0.1) is 24.3 Å². The molecule has 134 valence electrons. The quantitative estimate of drug-likeness (QED) is 0.773. The first kappa shape index (κ1) is 18.5. The Morgan fingerprint density at radius 1 is 1.24 bits per heavy atom. The van der Waals surface area contributed by atoms with Crippen LogP contribution in [0.25, 0.3) is 0 Å². The van der Waals surface area contributed by atoms with Crippen LogP contribution in [0.4, 0.5) is 0 Å². The van der Waals surface area contributed by atoms with E-state index in [0.29, 0.717) is 17.5 Å². The van der Waals surface area contributed by atoms with Crippen LogP contribution in [0.1, 0.15) is 29.5 Å². The number of hydrogen-bond donors (Lipinski definition) is 0. The lowest BCUT2D eigenvalue weighted by molar-refractivity contribution is -0.0568. The molecule has 0 saturated carbocycles. The molecule has 2 unspecified atom stereocenters. The lowest BCUT2D eigenvalue weighted by Crippen LogP contribution is -2.40. The number of methoxy groups -OCH3 is 1. The number of nitrogens with zero attached hydrogens (tertiary/aromatic N) is 1. The summed E-state index contributed by atoms with van der Waals surface area (Å²) < 4.78 is 11.6. The highest BCUT2D eigenvalue weighted by atomic mass is 35.5. The highest BCUT2D eigenvalue weighted by Crippen LogP contribution is 2.47. The van der Waals surface area contributed by atoms with E-state index in [1.54, 1.807) is 7.11 Å². The predicted molar refractivity (Wildman–Crippen MR) is 103 cm³/mol. The van der Waals surface area contributed by atoms with Gasteiger partial charge >= 0.3 is 0 Å². The van der Waals surface area contributed by atoms with Crippen LogP contribution in [0.5, 0.6) is 5.75 Å². The third kappa shape index (κ3) is 3.26. The van der Waals surface area contributed by atoms with Crippen LogP contribution >= 0.6 is 24.0 Å². The van der Waals surface area contributed by atoms with Crippen molar-refractivity contribution in [2.24, 2.45) is 0 Å². The van der Waals surface area contributed by atoms with E-state index in [9.17, 15) is 0 Å². The Labute approximate surface area is 160 Å². The Balaban J connectivity index is 0.00000182. The molecule has 0 radical (unpaired) electrons. The monoisotopic (exact) mass is 379 g/mol. The highest BCUT2D eigenvalue weighted by molar-refractivity contribution is 6.33. The summed E-state index contributed by atoms with van der Waals surface area (Å²) in [5, 5.41) is 0.693. The van der Waals surface area contributed by atoms with Crippen molar-refractivity contribution >= 4 is 24.0 Å². The third-order valence-corrected chi connectivity index (χ3v) is 5.76. The molecule has 2 aliphatic rings. The molecule has 5 heteroatoms. The first-order chi connectivity index (χ1) is 11.6. The number of ether oxygens (including phenoxy) is 2. The summed E-state index contributed by atoms with van der Waals surface area (Å²) in [6, 6.07) is 14.8. The minimum atomic E-state index is -0.153. The zero-order chi connectivity index (χ0) is 16.7.